The highest BCUT2D eigenvalue weighted by Crippen LogP contribution is 2.20. The quantitative estimate of drug-likeness (QED) is 0.789. The Morgan fingerprint density at radius 1 is 1.27 bits per heavy atom. The lowest BCUT2D eigenvalue weighted by molar-refractivity contribution is 0.0926. The number of carbonyl (C=O) groups is 1. The van der Waals surface area contributed by atoms with Crippen molar-refractivity contribution >= 4 is 16.8 Å². The Kier molecular flexibility index (Phi) is 4.18. The summed E-state index contributed by atoms with van der Waals surface area (Å²) >= 11 is 0. The number of aromatic nitrogens is 4. The number of hydrogen-bond donors (Lipinski definition) is 1. The smallest absolute Gasteiger partial charge is 0.253 e. The second-order valence-electron chi connectivity index (χ2n) is 7.02. The summed E-state index contributed by atoms with van der Waals surface area (Å²) in [5.74, 6) is 1.95. The summed E-state index contributed by atoms with van der Waals surface area (Å²) in [5.41, 5.74) is 3.49. The van der Waals surface area contributed by atoms with E-state index >= 15 is 0 Å². The Bertz CT molecular complexity index is 978. The SMILES string of the molecule is CCc1nnc2n1CC(NC(=O)c1cc3cc(C)ccc3nc1C)CC2. The van der Waals surface area contributed by atoms with Crippen LogP contribution in [-0.2, 0) is 19.4 Å². The van der Waals surface area contributed by atoms with Crippen LogP contribution in [0, 0.1) is 13.8 Å². The number of hydrogen-bond acceptors (Lipinski definition) is 4. The Balaban J connectivity index is 1.57. The first-order valence-electron chi connectivity index (χ1n) is 9.15. The third-order valence-electron chi connectivity index (χ3n) is 5.08. The average molecular weight is 349 g/mol. The lowest BCUT2D eigenvalue weighted by Gasteiger charge is -2.25. The lowest BCUT2D eigenvalue weighted by Crippen LogP contribution is -2.41. The van der Waals surface area contributed by atoms with E-state index in [-0.39, 0.29) is 11.9 Å². The highest BCUT2D eigenvalue weighted by molar-refractivity contribution is 5.98. The molecule has 1 N–H and O–H groups in total. The standard InChI is InChI=1S/C20H23N5O/c1-4-18-23-24-19-8-6-15(11-25(18)19)22-20(26)16-10-14-9-12(2)5-7-17(14)21-13(16)3/h5,7,9-10,15H,4,6,8,11H2,1-3H3,(H,22,26). The maximum absolute atomic E-state index is 12.9. The van der Waals surface area contributed by atoms with Crippen LogP contribution in [0.4, 0.5) is 0 Å². The molecule has 1 unspecified atom stereocenters. The topological polar surface area (TPSA) is 72.7 Å². The van der Waals surface area contributed by atoms with Crippen LogP contribution in [0.2, 0.25) is 0 Å². The molecule has 0 bridgehead atoms. The van der Waals surface area contributed by atoms with Gasteiger partial charge in [0.15, 0.2) is 0 Å². The molecule has 26 heavy (non-hydrogen) atoms. The van der Waals surface area contributed by atoms with Crippen molar-refractivity contribution in [2.24, 2.45) is 0 Å². The van der Waals surface area contributed by atoms with Crippen LogP contribution < -0.4 is 5.32 Å². The van der Waals surface area contributed by atoms with Crippen molar-refractivity contribution in [3.63, 3.8) is 0 Å². The fourth-order valence-corrected chi connectivity index (χ4v) is 3.65. The van der Waals surface area contributed by atoms with E-state index in [0.29, 0.717) is 5.56 Å². The fourth-order valence-electron chi connectivity index (χ4n) is 3.65. The molecule has 0 spiro atoms. The predicted molar refractivity (Wildman–Crippen MR) is 100 cm³/mol. The van der Waals surface area contributed by atoms with Crippen molar-refractivity contribution in [2.45, 2.75) is 52.6 Å². The van der Waals surface area contributed by atoms with Crippen LogP contribution in [0.25, 0.3) is 10.9 Å². The van der Waals surface area contributed by atoms with Gasteiger partial charge in [-0.2, -0.15) is 0 Å². The fraction of sp³-hybridized carbons (Fsp3) is 0.400. The van der Waals surface area contributed by atoms with Gasteiger partial charge in [-0.15, -0.1) is 10.2 Å². The number of fused-ring (bicyclic) bond motifs is 2. The van der Waals surface area contributed by atoms with E-state index in [1.54, 1.807) is 0 Å². The zero-order chi connectivity index (χ0) is 18.3. The van der Waals surface area contributed by atoms with Crippen molar-refractivity contribution in [1.82, 2.24) is 25.1 Å². The van der Waals surface area contributed by atoms with Crippen LogP contribution in [0.1, 0.15) is 46.6 Å². The van der Waals surface area contributed by atoms with Gasteiger partial charge in [0.2, 0.25) is 0 Å². The average Bonchev–Trinajstić information content (AvgIpc) is 3.03. The van der Waals surface area contributed by atoms with Gasteiger partial charge in [0, 0.05) is 30.8 Å². The predicted octanol–water partition coefficient (Wildman–Crippen LogP) is 2.75. The molecule has 134 valence electrons. The van der Waals surface area contributed by atoms with Crippen molar-refractivity contribution in [2.75, 3.05) is 0 Å². The minimum atomic E-state index is -0.0574. The summed E-state index contributed by atoms with van der Waals surface area (Å²) < 4.78 is 2.14. The third kappa shape index (κ3) is 2.96. The molecule has 2 aromatic heterocycles. The van der Waals surface area contributed by atoms with Crippen molar-refractivity contribution in [1.29, 1.82) is 0 Å². The monoisotopic (exact) mass is 349 g/mol. The van der Waals surface area contributed by atoms with E-state index in [1.807, 2.05) is 32.0 Å². The number of amides is 1. The van der Waals surface area contributed by atoms with E-state index in [1.165, 1.54) is 0 Å². The molecule has 1 aromatic carbocycles. The number of nitrogens with zero attached hydrogens (tertiary/aromatic N) is 4. The molecule has 6 heteroatoms. The van der Waals surface area contributed by atoms with Crippen LogP contribution >= 0.6 is 0 Å². The van der Waals surface area contributed by atoms with E-state index in [0.717, 1.165) is 59.6 Å². The Morgan fingerprint density at radius 3 is 2.92 bits per heavy atom. The molecule has 3 aromatic rings. The molecule has 0 radical (unpaired) electrons. The minimum absolute atomic E-state index is 0.0574. The Labute approximate surface area is 152 Å². The Hall–Kier alpha value is -2.76. The van der Waals surface area contributed by atoms with Gasteiger partial charge in [-0.1, -0.05) is 18.6 Å². The number of carbonyl (C=O) groups excluding carboxylic acids is 1. The van der Waals surface area contributed by atoms with Gasteiger partial charge in [-0.3, -0.25) is 9.78 Å². The van der Waals surface area contributed by atoms with E-state index in [2.05, 4.69) is 38.1 Å². The first-order valence-corrected chi connectivity index (χ1v) is 9.15. The second kappa shape index (κ2) is 6.52. The normalized spacial score (nSPS) is 16.5. The maximum Gasteiger partial charge on any atom is 0.253 e. The summed E-state index contributed by atoms with van der Waals surface area (Å²) in [5, 5.41) is 12.7. The molecule has 1 amide bonds. The maximum atomic E-state index is 12.9. The summed E-state index contributed by atoms with van der Waals surface area (Å²) in [6.45, 7) is 6.74. The number of aryl methyl sites for hydroxylation is 4. The van der Waals surface area contributed by atoms with Crippen molar-refractivity contribution < 1.29 is 4.79 Å². The number of benzene rings is 1. The minimum Gasteiger partial charge on any atom is -0.347 e. The Morgan fingerprint density at radius 2 is 2.12 bits per heavy atom. The summed E-state index contributed by atoms with van der Waals surface area (Å²) in [6.07, 6.45) is 2.57. The molecule has 4 rings (SSSR count). The molecule has 1 aliphatic rings. The van der Waals surface area contributed by atoms with Crippen LogP contribution in [0.3, 0.4) is 0 Å². The van der Waals surface area contributed by atoms with Gasteiger partial charge in [-0.05, 0) is 38.5 Å². The summed E-state index contributed by atoms with van der Waals surface area (Å²) in [7, 11) is 0. The lowest BCUT2D eigenvalue weighted by atomic mass is 10.0. The molecule has 1 atom stereocenters. The molecule has 0 saturated heterocycles. The van der Waals surface area contributed by atoms with Gasteiger partial charge in [0.1, 0.15) is 11.6 Å². The molecule has 0 fully saturated rings. The summed E-state index contributed by atoms with van der Waals surface area (Å²) in [4.78, 5) is 17.5. The van der Waals surface area contributed by atoms with Gasteiger partial charge in [0.05, 0.1) is 16.8 Å². The third-order valence-corrected chi connectivity index (χ3v) is 5.08. The van der Waals surface area contributed by atoms with Gasteiger partial charge < -0.3 is 9.88 Å². The molecular weight excluding hydrogens is 326 g/mol. The molecular formula is C20H23N5O. The molecule has 0 aliphatic carbocycles. The highest BCUT2D eigenvalue weighted by Gasteiger charge is 2.24. The largest absolute Gasteiger partial charge is 0.347 e. The van der Waals surface area contributed by atoms with Crippen LogP contribution in [0.15, 0.2) is 24.3 Å². The van der Waals surface area contributed by atoms with E-state index in [4.69, 9.17) is 0 Å². The molecule has 1 aliphatic heterocycles. The number of pyridine rings is 1. The first kappa shape index (κ1) is 16.7. The van der Waals surface area contributed by atoms with Crippen molar-refractivity contribution in [3.8, 4) is 0 Å². The van der Waals surface area contributed by atoms with Crippen molar-refractivity contribution in [3.05, 3.63) is 52.7 Å². The number of rotatable bonds is 3. The van der Waals surface area contributed by atoms with E-state index < -0.39 is 0 Å². The highest BCUT2D eigenvalue weighted by atomic mass is 16.1. The van der Waals surface area contributed by atoms with Gasteiger partial charge >= 0.3 is 0 Å². The van der Waals surface area contributed by atoms with Gasteiger partial charge in [0.25, 0.3) is 5.91 Å². The zero-order valence-corrected chi connectivity index (χ0v) is 15.4. The molecule has 0 saturated carbocycles. The zero-order valence-electron chi connectivity index (χ0n) is 15.4. The van der Waals surface area contributed by atoms with Gasteiger partial charge in [-0.25, -0.2) is 0 Å². The number of nitrogens with one attached hydrogen (secondary N) is 1. The molecule has 3 heterocycles. The molecule has 6 nitrogen and oxygen atoms in total. The second-order valence-corrected chi connectivity index (χ2v) is 7.02. The van der Waals surface area contributed by atoms with Crippen LogP contribution in [0.5, 0.6) is 0 Å². The summed E-state index contributed by atoms with van der Waals surface area (Å²) in [6, 6.07) is 8.14. The van der Waals surface area contributed by atoms with Crippen LogP contribution in [-0.4, -0.2) is 31.7 Å². The van der Waals surface area contributed by atoms with E-state index in [9.17, 15) is 4.79 Å². The first-order chi connectivity index (χ1) is 12.5.